The average molecular weight is 356 g/mol. The highest BCUT2D eigenvalue weighted by Gasteiger charge is 2.34. The Morgan fingerprint density at radius 1 is 1.46 bits per heavy atom. The molecule has 0 aliphatic heterocycles. The van der Waals surface area contributed by atoms with Gasteiger partial charge in [0.25, 0.3) is 11.6 Å². The van der Waals surface area contributed by atoms with Crippen LogP contribution in [0.4, 0.5) is 5.69 Å². The van der Waals surface area contributed by atoms with E-state index in [0.717, 1.165) is 0 Å². The molecule has 1 aliphatic carbocycles. The minimum absolute atomic E-state index is 0.0141. The predicted octanol–water partition coefficient (Wildman–Crippen LogP) is 1.92. The molecule has 0 atom stereocenters. The van der Waals surface area contributed by atoms with Crippen LogP contribution in [0.2, 0.25) is 5.02 Å². The Morgan fingerprint density at radius 3 is 2.62 bits per heavy atom. The molecule has 0 heterocycles. The van der Waals surface area contributed by atoms with E-state index >= 15 is 0 Å². The van der Waals surface area contributed by atoms with Gasteiger partial charge in [0.15, 0.2) is 0 Å². The molecule has 0 saturated heterocycles. The fourth-order valence-electron chi connectivity index (χ4n) is 2.74. The molecule has 1 aliphatic rings. The van der Waals surface area contributed by atoms with Gasteiger partial charge in [0, 0.05) is 23.7 Å². The number of aliphatic carboxylic acids is 1. The second kappa shape index (κ2) is 7.59. The molecule has 1 fully saturated rings. The Morgan fingerprint density at radius 2 is 2.12 bits per heavy atom. The number of halogens is 1. The maximum Gasteiger partial charge on any atom is 0.317 e. The first-order valence-corrected chi connectivity index (χ1v) is 7.90. The summed E-state index contributed by atoms with van der Waals surface area (Å²) >= 11 is 5.80. The van der Waals surface area contributed by atoms with Gasteiger partial charge >= 0.3 is 5.97 Å². The van der Waals surface area contributed by atoms with Gasteiger partial charge in [0.05, 0.1) is 11.5 Å². The van der Waals surface area contributed by atoms with Crippen LogP contribution in [-0.4, -0.2) is 52.0 Å². The summed E-state index contributed by atoms with van der Waals surface area (Å²) in [5, 5.41) is 22.3. The summed E-state index contributed by atoms with van der Waals surface area (Å²) in [4.78, 5) is 34.9. The van der Waals surface area contributed by atoms with E-state index in [4.69, 9.17) is 16.7 Å². The van der Waals surface area contributed by atoms with Gasteiger partial charge in [-0.15, -0.1) is 0 Å². The smallest absolute Gasteiger partial charge is 0.317 e. The Kier molecular flexibility index (Phi) is 5.74. The van der Waals surface area contributed by atoms with Gasteiger partial charge in [0.1, 0.15) is 5.02 Å². The number of carbonyl (C=O) groups excluding carboxylic acids is 1. The molecular formula is C15H18ClN3O5. The molecule has 9 heteroatoms. The van der Waals surface area contributed by atoms with Crippen LogP contribution in [0.5, 0.6) is 0 Å². The number of nitro groups is 1. The first-order chi connectivity index (χ1) is 11.3. The van der Waals surface area contributed by atoms with E-state index in [9.17, 15) is 19.7 Å². The van der Waals surface area contributed by atoms with Crippen molar-refractivity contribution >= 4 is 29.2 Å². The zero-order chi connectivity index (χ0) is 17.9. The minimum Gasteiger partial charge on any atom is -0.480 e. The Hall–Kier alpha value is -2.19. The third-order valence-corrected chi connectivity index (χ3v) is 4.42. The van der Waals surface area contributed by atoms with Gasteiger partial charge in [-0.1, -0.05) is 18.5 Å². The number of hydrogen-bond donors (Lipinski definition) is 2. The lowest BCUT2D eigenvalue weighted by Gasteiger charge is -2.42. The van der Waals surface area contributed by atoms with Crippen molar-refractivity contribution < 1.29 is 19.6 Å². The van der Waals surface area contributed by atoms with E-state index in [2.05, 4.69) is 5.32 Å². The number of amides is 1. The van der Waals surface area contributed by atoms with Crippen LogP contribution in [0.3, 0.4) is 0 Å². The third kappa shape index (κ3) is 4.21. The summed E-state index contributed by atoms with van der Waals surface area (Å²) < 4.78 is 0. The van der Waals surface area contributed by atoms with Crippen LogP contribution in [0.25, 0.3) is 0 Å². The van der Waals surface area contributed by atoms with E-state index in [1.807, 2.05) is 11.8 Å². The molecule has 1 amide bonds. The Balaban J connectivity index is 1.90. The summed E-state index contributed by atoms with van der Waals surface area (Å²) in [6.45, 7) is 2.52. The van der Waals surface area contributed by atoms with Gasteiger partial charge in [-0.25, -0.2) is 0 Å². The summed E-state index contributed by atoms with van der Waals surface area (Å²) in [6, 6.07) is 3.93. The number of likely N-dealkylation sites (N-methyl/N-ethyl adjacent to an activating group) is 1. The number of rotatable bonds is 7. The van der Waals surface area contributed by atoms with Crippen molar-refractivity contribution in [2.24, 2.45) is 0 Å². The van der Waals surface area contributed by atoms with Crippen LogP contribution in [-0.2, 0) is 4.79 Å². The number of benzene rings is 1. The average Bonchev–Trinajstić information content (AvgIpc) is 2.47. The second-order valence-corrected chi connectivity index (χ2v) is 6.08. The van der Waals surface area contributed by atoms with Crippen LogP contribution < -0.4 is 5.32 Å². The van der Waals surface area contributed by atoms with E-state index < -0.39 is 10.9 Å². The first kappa shape index (κ1) is 18.2. The van der Waals surface area contributed by atoms with Gasteiger partial charge in [-0.3, -0.25) is 24.6 Å². The molecule has 2 rings (SSSR count). The highest BCUT2D eigenvalue weighted by Crippen LogP contribution is 2.27. The highest BCUT2D eigenvalue weighted by molar-refractivity contribution is 6.33. The number of carboxylic acids is 1. The number of hydrogen-bond acceptors (Lipinski definition) is 5. The molecule has 0 radical (unpaired) electrons. The van der Waals surface area contributed by atoms with Crippen LogP contribution in [0.15, 0.2) is 18.2 Å². The van der Waals surface area contributed by atoms with Crippen LogP contribution in [0, 0.1) is 10.1 Å². The number of nitrogens with one attached hydrogen (secondary N) is 1. The van der Waals surface area contributed by atoms with E-state index in [1.165, 1.54) is 18.2 Å². The maximum atomic E-state index is 12.2. The van der Waals surface area contributed by atoms with E-state index in [-0.39, 0.29) is 40.8 Å². The zero-order valence-corrected chi connectivity index (χ0v) is 13.8. The van der Waals surface area contributed by atoms with E-state index in [1.54, 1.807) is 0 Å². The molecule has 0 unspecified atom stereocenters. The number of nitro benzene ring substituents is 1. The van der Waals surface area contributed by atoms with Crippen LogP contribution in [0.1, 0.15) is 30.1 Å². The lowest BCUT2D eigenvalue weighted by molar-refractivity contribution is -0.384. The number of nitrogens with zero attached hydrogens (tertiary/aromatic N) is 2. The zero-order valence-electron chi connectivity index (χ0n) is 13.1. The van der Waals surface area contributed by atoms with Crippen molar-refractivity contribution in [3.8, 4) is 0 Å². The molecule has 0 bridgehead atoms. The monoisotopic (exact) mass is 355 g/mol. The van der Waals surface area contributed by atoms with E-state index in [0.29, 0.717) is 19.4 Å². The predicted molar refractivity (Wildman–Crippen MR) is 87.3 cm³/mol. The highest BCUT2D eigenvalue weighted by atomic mass is 35.5. The summed E-state index contributed by atoms with van der Waals surface area (Å²) in [7, 11) is 0. The molecule has 0 spiro atoms. The van der Waals surface area contributed by atoms with Crippen molar-refractivity contribution in [2.45, 2.75) is 31.8 Å². The normalized spacial score (nSPS) is 19.6. The van der Waals surface area contributed by atoms with Crippen LogP contribution >= 0.6 is 11.6 Å². The lowest BCUT2D eigenvalue weighted by Crippen LogP contribution is -2.54. The van der Waals surface area contributed by atoms with Crippen molar-refractivity contribution in [1.82, 2.24) is 10.2 Å². The van der Waals surface area contributed by atoms with Gasteiger partial charge in [-0.05, 0) is 31.5 Å². The summed E-state index contributed by atoms with van der Waals surface area (Å²) in [5.74, 6) is -1.22. The molecular weight excluding hydrogens is 338 g/mol. The molecule has 1 aromatic carbocycles. The van der Waals surface area contributed by atoms with Gasteiger partial charge < -0.3 is 10.4 Å². The molecule has 2 N–H and O–H groups in total. The first-order valence-electron chi connectivity index (χ1n) is 7.52. The Labute approximate surface area is 143 Å². The maximum absolute atomic E-state index is 12.2. The number of carbonyl (C=O) groups is 2. The standard InChI is InChI=1S/C15H18ClN3O5/c1-2-18(8-14(20)21)11-6-10(7-11)17-15(22)9-3-4-13(19(23)24)12(16)5-9/h3-5,10-11H,2,6-8H2,1H3,(H,17,22)(H,20,21). The number of carboxylic acid groups (broad SMARTS) is 1. The molecule has 8 nitrogen and oxygen atoms in total. The fraction of sp³-hybridized carbons (Fsp3) is 0.467. The molecule has 1 aromatic rings. The minimum atomic E-state index is -0.871. The summed E-state index contributed by atoms with van der Waals surface area (Å²) in [6.07, 6.45) is 1.35. The lowest BCUT2D eigenvalue weighted by atomic mass is 9.85. The SMILES string of the molecule is CCN(CC(=O)O)C1CC(NC(=O)c2ccc([N+](=O)[O-])c(Cl)c2)C1. The van der Waals surface area contributed by atoms with Gasteiger partial charge in [0.2, 0.25) is 0 Å². The van der Waals surface area contributed by atoms with Crippen molar-refractivity contribution in [1.29, 1.82) is 0 Å². The summed E-state index contributed by atoms with van der Waals surface area (Å²) in [5.41, 5.74) is 0.0103. The molecule has 1 saturated carbocycles. The Bertz CT molecular complexity index is 661. The second-order valence-electron chi connectivity index (χ2n) is 5.68. The third-order valence-electron chi connectivity index (χ3n) is 4.12. The fourth-order valence-corrected chi connectivity index (χ4v) is 2.99. The topological polar surface area (TPSA) is 113 Å². The molecule has 24 heavy (non-hydrogen) atoms. The molecule has 0 aromatic heterocycles. The molecule has 130 valence electrons. The quantitative estimate of drug-likeness (QED) is 0.570. The largest absolute Gasteiger partial charge is 0.480 e. The van der Waals surface area contributed by atoms with Crippen molar-refractivity contribution in [3.63, 3.8) is 0 Å². The van der Waals surface area contributed by atoms with Crippen molar-refractivity contribution in [2.75, 3.05) is 13.1 Å². The van der Waals surface area contributed by atoms with Crippen molar-refractivity contribution in [3.05, 3.63) is 38.9 Å². The van der Waals surface area contributed by atoms with Gasteiger partial charge in [-0.2, -0.15) is 0 Å².